The van der Waals surface area contributed by atoms with E-state index in [-0.39, 0.29) is 25.8 Å². The Bertz CT molecular complexity index is 1850. The number of aliphatic hydroxyl groups excluding tert-OH is 1. The number of hydrogen-bond donors (Lipinski definition) is 9. The van der Waals surface area contributed by atoms with Crippen LogP contribution >= 0.6 is 0 Å². The average molecular weight is 741 g/mol. The van der Waals surface area contributed by atoms with Crippen molar-refractivity contribution in [3.63, 3.8) is 0 Å². The Morgan fingerprint density at radius 3 is 2.36 bits per heavy atom. The van der Waals surface area contributed by atoms with Crippen molar-refractivity contribution in [2.75, 3.05) is 13.6 Å². The van der Waals surface area contributed by atoms with Gasteiger partial charge in [0.2, 0.25) is 17.7 Å². The summed E-state index contributed by atoms with van der Waals surface area (Å²) in [6.07, 6.45) is 0.651. The Morgan fingerprint density at radius 2 is 1.74 bits per heavy atom. The van der Waals surface area contributed by atoms with E-state index in [2.05, 4.69) is 36.2 Å². The number of nitrogens with zero attached hydrogens (tertiary/aromatic N) is 3. The molecule has 0 spiro atoms. The second-order valence-electron chi connectivity index (χ2n) is 12.7. The first-order valence-corrected chi connectivity index (χ1v) is 16.7. The van der Waals surface area contributed by atoms with Gasteiger partial charge in [0.15, 0.2) is 6.23 Å². The maximum atomic E-state index is 14.0. The van der Waals surface area contributed by atoms with Gasteiger partial charge in [0, 0.05) is 57.0 Å². The van der Waals surface area contributed by atoms with Crippen molar-refractivity contribution in [1.29, 1.82) is 0 Å². The highest BCUT2D eigenvalue weighted by molar-refractivity contribution is 5.93. The molecule has 3 heterocycles. The predicted octanol–water partition coefficient (Wildman–Crippen LogP) is -2.69. The highest BCUT2D eigenvalue weighted by Crippen LogP contribution is 2.27. The van der Waals surface area contributed by atoms with Crippen LogP contribution < -0.4 is 38.2 Å². The van der Waals surface area contributed by atoms with Crippen LogP contribution in [0.1, 0.15) is 37.8 Å². The van der Waals surface area contributed by atoms with E-state index in [9.17, 15) is 43.8 Å². The second-order valence-corrected chi connectivity index (χ2v) is 12.7. The molecule has 53 heavy (non-hydrogen) atoms. The highest BCUT2D eigenvalue weighted by Gasteiger charge is 2.38. The fraction of sp³-hybridized carbons (Fsp3) is 0.455. The summed E-state index contributed by atoms with van der Waals surface area (Å²) in [6.45, 7) is 2.79. The minimum absolute atomic E-state index is 0.00204. The number of rotatable bonds is 16. The lowest BCUT2D eigenvalue weighted by Crippen LogP contribution is -2.63. The number of nitrogens with two attached hydrogens (primary N) is 1. The van der Waals surface area contributed by atoms with E-state index in [1.807, 2.05) is 0 Å². The Labute approximate surface area is 302 Å². The fourth-order valence-electron chi connectivity index (χ4n) is 5.70. The van der Waals surface area contributed by atoms with E-state index < -0.39 is 89.6 Å². The molecule has 2 aromatic heterocycles. The number of benzene rings is 1. The third kappa shape index (κ3) is 10.8. The van der Waals surface area contributed by atoms with E-state index in [0.717, 1.165) is 10.6 Å². The van der Waals surface area contributed by atoms with Crippen LogP contribution in [0.5, 0.6) is 0 Å². The SMILES string of the molecule is C[C@H](N)C(=O)N(C)[C@@H](C)C(NC(=O)[C@H](Cc1ccccc1)NC(=O)N[C@@H](Cc1cnc[nH]1)C(=O)O)C(=O)NC[C@H]1C[C@@H](O)[C@H](n2ccc(=O)[nH]c2=O)O1. The van der Waals surface area contributed by atoms with Crippen molar-refractivity contribution < 1.29 is 38.9 Å². The molecule has 1 fully saturated rings. The zero-order valence-electron chi connectivity index (χ0n) is 29.2. The molecule has 20 nitrogen and oxygen atoms in total. The van der Waals surface area contributed by atoms with Crippen LogP contribution in [0.4, 0.5) is 4.79 Å². The van der Waals surface area contributed by atoms with Crippen LogP contribution in [0, 0.1) is 0 Å². The van der Waals surface area contributed by atoms with Gasteiger partial charge in [-0.15, -0.1) is 0 Å². The van der Waals surface area contributed by atoms with E-state index in [1.54, 1.807) is 30.3 Å². The number of carboxylic acids is 1. The summed E-state index contributed by atoms with van der Waals surface area (Å²) >= 11 is 0. The number of aromatic nitrogens is 4. The van der Waals surface area contributed by atoms with Crippen molar-refractivity contribution in [3.05, 3.63) is 87.2 Å². The maximum absolute atomic E-state index is 14.0. The van der Waals surface area contributed by atoms with Gasteiger partial charge >= 0.3 is 17.7 Å². The normalized spacial score (nSPS) is 19.5. The number of carboxylic acid groups (broad SMARTS) is 1. The van der Waals surface area contributed by atoms with Crippen LogP contribution in [0.25, 0.3) is 0 Å². The van der Waals surface area contributed by atoms with E-state index in [1.165, 1.54) is 44.5 Å². The third-order valence-corrected chi connectivity index (χ3v) is 8.69. The summed E-state index contributed by atoms with van der Waals surface area (Å²) in [5.41, 5.74) is 5.46. The van der Waals surface area contributed by atoms with Gasteiger partial charge in [-0.3, -0.25) is 28.7 Å². The van der Waals surface area contributed by atoms with Crippen molar-refractivity contribution >= 4 is 29.7 Å². The van der Waals surface area contributed by atoms with E-state index in [4.69, 9.17) is 10.5 Å². The fourth-order valence-corrected chi connectivity index (χ4v) is 5.70. The van der Waals surface area contributed by atoms with Crippen LogP contribution in [0.15, 0.2) is 64.7 Å². The summed E-state index contributed by atoms with van der Waals surface area (Å²) in [5.74, 6) is -3.45. The molecule has 0 radical (unpaired) electrons. The predicted molar refractivity (Wildman–Crippen MR) is 186 cm³/mol. The Balaban J connectivity index is 1.52. The summed E-state index contributed by atoms with van der Waals surface area (Å²) in [7, 11) is 1.41. The molecule has 0 saturated carbocycles. The maximum Gasteiger partial charge on any atom is 0.330 e. The topological polar surface area (TPSA) is 296 Å². The summed E-state index contributed by atoms with van der Waals surface area (Å²) in [6, 6.07) is 2.68. The number of carbonyl (C=O) groups is 5. The number of ether oxygens (including phenoxy) is 1. The van der Waals surface area contributed by atoms with Crippen LogP contribution in [-0.2, 0) is 36.8 Å². The van der Waals surface area contributed by atoms with Gasteiger partial charge in [-0.1, -0.05) is 30.3 Å². The average Bonchev–Trinajstić information content (AvgIpc) is 3.77. The van der Waals surface area contributed by atoms with Gasteiger partial charge in [0.05, 0.1) is 24.5 Å². The minimum Gasteiger partial charge on any atom is -0.480 e. The zero-order valence-corrected chi connectivity index (χ0v) is 29.2. The Morgan fingerprint density at radius 1 is 1.04 bits per heavy atom. The van der Waals surface area contributed by atoms with Crippen molar-refractivity contribution in [2.45, 2.75) is 81.8 Å². The minimum atomic E-state index is -1.42. The lowest BCUT2D eigenvalue weighted by atomic mass is 10.0. The van der Waals surface area contributed by atoms with Gasteiger partial charge in [0.1, 0.15) is 24.2 Å². The standard InChI is InChI=1S/C33H44N10O10/c1-17(34)29(48)42(3)18(2)26(28(47)36-15-21-13-24(44)30(53-21)43-10-9-25(45)40-33(43)52)41-27(46)22(11-19-7-5-4-6-8-19)38-32(51)39-23(31(49)50)12-20-14-35-16-37-20/h4-10,14,16-18,21-24,26,30,44H,11-13,15,34H2,1-3H3,(H,35,37)(H,36,47)(H,41,46)(H,49,50)(H2,38,39,51)(H,40,45,52)/t17-,18-,21+,22-,23-,24+,26?,30+/m0/s1. The Hall–Kier alpha value is -5.86. The second kappa shape index (κ2) is 18.1. The summed E-state index contributed by atoms with van der Waals surface area (Å²) in [5, 5.41) is 30.5. The van der Waals surface area contributed by atoms with Gasteiger partial charge < -0.3 is 51.8 Å². The summed E-state index contributed by atoms with van der Waals surface area (Å²) < 4.78 is 6.82. The largest absolute Gasteiger partial charge is 0.480 e. The lowest BCUT2D eigenvalue weighted by Gasteiger charge is -2.34. The van der Waals surface area contributed by atoms with Gasteiger partial charge in [-0.25, -0.2) is 19.4 Å². The van der Waals surface area contributed by atoms with Crippen molar-refractivity contribution in [2.24, 2.45) is 5.73 Å². The van der Waals surface area contributed by atoms with Crippen LogP contribution in [-0.4, -0.2) is 120 Å². The lowest BCUT2D eigenvalue weighted by molar-refractivity contribution is -0.139. The number of H-pyrrole nitrogens is 2. The van der Waals surface area contributed by atoms with Crippen LogP contribution in [0.3, 0.4) is 0 Å². The van der Waals surface area contributed by atoms with Crippen molar-refractivity contribution in [1.82, 2.24) is 45.7 Å². The molecule has 10 N–H and O–H groups in total. The van der Waals surface area contributed by atoms with Gasteiger partial charge in [-0.05, 0) is 19.4 Å². The molecule has 20 heteroatoms. The molecular formula is C33H44N10O10. The number of urea groups is 1. The molecule has 1 saturated heterocycles. The molecule has 1 unspecified atom stereocenters. The molecule has 4 rings (SSSR count). The first-order valence-electron chi connectivity index (χ1n) is 16.7. The molecule has 5 amide bonds. The number of aliphatic hydroxyl groups is 1. The highest BCUT2D eigenvalue weighted by atomic mass is 16.5. The number of nitrogens with one attached hydrogen (secondary N) is 6. The third-order valence-electron chi connectivity index (χ3n) is 8.69. The number of likely N-dealkylation sites (N-methyl/N-ethyl adjacent to an activating group) is 1. The smallest absolute Gasteiger partial charge is 0.330 e. The summed E-state index contributed by atoms with van der Waals surface area (Å²) in [4.78, 5) is 99.3. The quantitative estimate of drug-likeness (QED) is 0.0726. The molecule has 286 valence electrons. The number of amides is 5. The number of aliphatic carboxylic acids is 1. The van der Waals surface area contributed by atoms with Gasteiger partial charge in [0.25, 0.3) is 5.56 Å². The van der Waals surface area contributed by atoms with E-state index in [0.29, 0.717) is 11.3 Å². The number of hydrogen-bond acceptors (Lipinski definition) is 11. The first kappa shape index (κ1) is 39.9. The monoisotopic (exact) mass is 740 g/mol. The van der Waals surface area contributed by atoms with E-state index >= 15 is 0 Å². The molecule has 1 aliphatic rings. The van der Waals surface area contributed by atoms with Crippen LogP contribution in [0.2, 0.25) is 0 Å². The van der Waals surface area contributed by atoms with Gasteiger partial charge in [-0.2, -0.15) is 0 Å². The number of aromatic amines is 2. The number of carbonyl (C=O) groups excluding carboxylic acids is 4. The molecule has 8 atom stereocenters. The first-order chi connectivity index (χ1) is 25.1. The molecule has 0 aliphatic carbocycles. The van der Waals surface area contributed by atoms with Crippen molar-refractivity contribution in [3.8, 4) is 0 Å². The zero-order chi connectivity index (χ0) is 38.8. The molecule has 3 aromatic rings. The molecular weight excluding hydrogens is 696 g/mol. The molecule has 1 aliphatic heterocycles. The Kier molecular flexibility index (Phi) is 13.6. The molecule has 1 aromatic carbocycles. The molecule has 0 bridgehead atoms. The number of imidazole rings is 1.